The molecule has 5 heteroatoms. The van der Waals surface area contributed by atoms with Crippen LogP contribution < -0.4 is 9.64 Å². The van der Waals surface area contributed by atoms with Crippen molar-refractivity contribution in [1.29, 1.82) is 0 Å². The van der Waals surface area contributed by atoms with Crippen molar-refractivity contribution in [2.24, 2.45) is 11.8 Å². The van der Waals surface area contributed by atoms with Crippen LogP contribution in [-0.2, 0) is 9.59 Å². The van der Waals surface area contributed by atoms with E-state index in [1.54, 1.807) is 30.3 Å². The molecule has 0 radical (unpaired) electrons. The second-order valence-corrected chi connectivity index (χ2v) is 8.02. The number of Topliss-reactive ketones (excluding diaryl/α,β-unsaturated/α-hetero) is 1. The van der Waals surface area contributed by atoms with E-state index in [2.05, 4.69) is 0 Å². The molecule has 1 aliphatic carbocycles. The van der Waals surface area contributed by atoms with Crippen LogP contribution in [0, 0.1) is 25.7 Å². The zero-order valence-electron chi connectivity index (χ0n) is 16.8. The van der Waals surface area contributed by atoms with Crippen molar-refractivity contribution >= 4 is 23.3 Å². The minimum absolute atomic E-state index is 0.0981. The Bertz CT molecular complexity index is 957. The number of carbonyl (C=O) groups is 3. The number of ketones is 1. The van der Waals surface area contributed by atoms with E-state index in [0.29, 0.717) is 17.0 Å². The second kappa shape index (κ2) is 7.82. The highest BCUT2D eigenvalue weighted by molar-refractivity contribution is 6.22. The smallest absolute Gasteiger partial charge is 0.237 e. The van der Waals surface area contributed by atoms with Crippen LogP contribution in [0.25, 0.3) is 0 Å². The third kappa shape index (κ3) is 3.69. The van der Waals surface area contributed by atoms with E-state index in [9.17, 15) is 14.4 Å². The van der Waals surface area contributed by atoms with Crippen LogP contribution in [0.15, 0.2) is 42.5 Å². The van der Waals surface area contributed by atoms with Crippen molar-refractivity contribution in [3.63, 3.8) is 0 Å². The van der Waals surface area contributed by atoms with Crippen LogP contribution >= 0.6 is 0 Å². The fourth-order valence-electron chi connectivity index (χ4n) is 4.28. The molecular weight excluding hydrogens is 366 g/mol. The Labute approximate surface area is 170 Å². The van der Waals surface area contributed by atoms with E-state index in [-0.39, 0.29) is 36.0 Å². The predicted octanol–water partition coefficient (Wildman–Crippen LogP) is 4.24. The number of nitrogens with zero attached hydrogens (tertiary/aromatic N) is 1. The molecule has 2 aromatic rings. The molecule has 1 saturated carbocycles. The molecule has 4 rings (SSSR count). The summed E-state index contributed by atoms with van der Waals surface area (Å²) >= 11 is 0. The van der Waals surface area contributed by atoms with Crippen LogP contribution in [0.5, 0.6) is 5.75 Å². The van der Waals surface area contributed by atoms with Crippen LogP contribution in [-0.4, -0.2) is 24.2 Å². The van der Waals surface area contributed by atoms with E-state index in [4.69, 9.17) is 4.74 Å². The van der Waals surface area contributed by atoms with Crippen molar-refractivity contribution in [1.82, 2.24) is 0 Å². The van der Waals surface area contributed by atoms with Gasteiger partial charge in [-0.05, 0) is 56.0 Å². The van der Waals surface area contributed by atoms with Gasteiger partial charge in [0.15, 0.2) is 12.4 Å². The largest absolute Gasteiger partial charge is 0.485 e. The monoisotopic (exact) mass is 391 g/mol. The van der Waals surface area contributed by atoms with Gasteiger partial charge in [-0.3, -0.25) is 14.4 Å². The Morgan fingerprint density at radius 1 is 0.966 bits per heavy atom. The average Bonchev–Trinajstić information content (AvgIpc) is 2.99. The fraction of sp³-hybridized carbons (Fsp3) is 0.375. The molecule has 2 aromatic carbocycles. The van der Waals surface area contributed by atoms with Gasteiger partial charge >= 0.3 is 0 Å². The molecule has 1 aliphatic heterocycles. The molecule has 2 aliphatic rings. The summed E-state index contributed by atoms with van der Waals surface area (Å²) in [5.41, 5.74) is 3.32. The second-order valence-electron chi connectivity index (χ2n) is 8.02. The number of anilines is 1. The summed E-state index contributed by atoms with van der Waals surface area (Å²) in [6.45, 7) is 3.87. The molecule has 1 saturated heterocycles. The lowest BCUT2D eigenvalue weighted by Crippen LogP contribution is -2.30. The van der Waals surface area contributed by atoms with Gasteiger partial charge in [-0.2, -0.15) is 0 Å². The molecule has 0 aromatic heterocycles. The minimum Gasteiger partial charge on any atom is -0.485 e. The Hall–Kier alpha value is -2.95. The van der Waals surface area contributed by atoms with Gasteiger partial charge in [-0.15, -0.1) is 0 Å². The third-order valence-electron chi connectivity index (χ3n) is 6.12. The van der Waals surface area contributed by atoms with Gasteiger partial charge in [-0.25, -0.2) is 4.90 Å². The first kappa shape index (κ1) is 19.4. The highest BCUT2D eigenvalue weighted by Crippen LogP contribution is 2.40. The van der Waals surface area contributed by atoms with Crippen molar-refractivity contribution in [3.05, 3.63) is 59.2 Å². The average molecular weight is 391 g/mol. The lowest BCUT2D eigenvalue weighted by atomic mass is 9.81. The highest BCUT2D eigenvalue weighted by atomic mass is 16.5. The predicted molar refractivity (Wildman–Crippen MR) is 110 cm³/mol. The molecule has 29 heavy (non-hydrogen) atoms. The topological polar surface area (TPSA) is 63.7 Å². The number of hydrogen-bond donors (Lipinski definition) is 0. The normalized spacial score (nSPS) is 21.2. The number of imide groups is 1. The SMILES string of the molecule is Cc1ccc(C(=O)COc2cccc(N3C(=O)[C@H]4CCCC[C@H]4C3=O)c2)cc1C. The maximum atomic E-state index is 12.8. The Morgan fingerprint density at radius 3 is 2.31 bits per heavy atom. The molecule has 0 N–H and O–H groups in total. The molecule has 0 unspecified atom stereocenters. The summed E-state index contributed by atoms with van der Waals surface area (Å²) in [5, 5.41) is 0. The molecule has 0 spiro atoms. The molecular formula is C24H25NO4. The van der Waals surface area contributed by atoms with Gasteiger partial charge in [-0.1, -0.05) is 31.0 Å². The van der Waals surface area contributed by atoms with Gasteiger partial charge in [0, 0.05) is 11.6 Å². The number of benzene rings is 2. The first-order valence-electron chi connectivity index (χ1n) is 10.2. The molecule has 2 fully saturated rings. The Morgan fingerprint density at radius 2 is 1.66 bits per heavy atom. The van der Waals surface area contributed by atoms with Crippen LogP contribution in [0.4, 0.5) is 5.69 Å². The fourth-order valence-corrected chi connectivity index (χ4v) is 4.28. The maximum absolute atomic E-state index is 12.8. The number of hydrogen-bond acceptors (Lipinski definition) is 4. The quantitative estimate of drug-likeness (QED) is 0.565. The Balaban J connectivity index is 1.47. The van der Waals surface area contributed by atoms with E-state index < -0.39 is 0 Å². The molecule has 2 atom stereocenters. The molecule has 150 valence electrons. The number of fused-ring (bicyclic) bond motifs is 1. The first-order chi connectivity index (χ1) is 14.0. The van der Waals surface area contributed by atoms with Crippen LogP contribution in [0.2, 0.25) is 0 Å². The number of carbonyl (C=O) groups excluding carboxylic acids is 3. The van der Waals surface area contributed by atoms with E-state index in [0.717, 1.165) is 36.8 Å². The van der Waals surface area contributed by atoms with E-state index >= 15 is 0 Å². The lowest BCUT2D eigenvalue weighted by molar-refractivity contribution is -0.122. The summed E-state index contributed by atoms with van der Waals surface area (Å²) in [6, 6.07) is 12.5. The van der Waals surface area contributed by atoms with Gasteiger partial charge < -0.3 is 4.74 Å². The number of ether oxygens (including phenoxy) is 1. The van der Waals surface area contributed by atoms with Gasteiger partial charge in [0.25, 0.3) is 0 Å². The summed E-state index contributed by atoms with van der Waals surface area (Å²) in [6.07, 6.45) is 3.56. The standard InChI is InChI=1S/C24H25NO4/c1-15-10-11-17(12-16(15)2)22(26)14-29-19-7-5-6-18(13-19)25-23(27)20-8-3-4-9-21(20)24(25)28/h5-7,10-13,20-21H,3-4,8-9,14H2,1-2H3/t20-,21+. The van der Waals surface area contributed by atoms with Crippen LogP contribution in [0.3, 0.4) is 0 Å². The minimum atomic E-state index is -0.188. The number of aryl methyl sites for hydroxylation is 2. The van der Waals surface area contributed by atoms with Crippen LogP contribution in [0.1, 0.15) is 47.2 Å². The first-order valence-corrected chi connectivity index (χ1v) is 10.2. The van der Waals surface area contributed by atoms with Gasteiger partial charge in [0.2, 0.25) is 11.8 Å². The third-order valence-corrected chi connectivity index (χ3v) is 6.12. The Kier molecular flexibility index (Phi) is 5.22. The summed E-state index contributed by atoms with van der Waals surface area (Å²) in [5.74, 6) is -0.238. The lowest BCUT2D eigenvalue weighted by Gasteiger charge is -2.19. The molecule has 1 heterocycles. The summed E-state index contributed by atoms with van der Waals surface area (Å²) in [4.78, 5) is 39.3. The molecule has 2 amide bonds. The maximum Gasteiger partial charge on any atom is 0.237 e. The molecule has 5 nitrogen and oxygen atoms in total. The zero-order chi connectivity index (χ0) is 20.5. The van der Waals surface area contributed by atoms with E-state index in [1.807, 2.05) is 26.0 Å². The zero-order valence-corrected chi connectivity index (χ0v) is 16.8. The summed E-state index contributed by atoms with van der Waals surface area (Å²) in [7, 11) is 0. The van der Waals surface area contributed by atoms with Crippen molar-refractivity contribution in [3.8, 4) is 5.75 Å². The number of amides is 2. The van der Waals surface area contributed by atoms with Gasteiger partial charge in [0.05, 0.1) is 17.5 Å². The van der Waals surface area contributed by atoms with Gasteiger partial charge in [0.1, 0.15) is 5.75 Å². The number of rotatable bonds is 5. The molecule has 0 bridgehead atoms. The van der Waals surface area contributed by atoms with Crippen molar-refractivity contribution in [2.75, 3.05) is 11.5 Å². The van der Waals surface area contributed by atoms with Crippen molar-refractivity contribution in [2.45, 2.75) is 39.5 Å². The highest BCUT2D eigenvalue weighted by Gasteiger charge is 2.48. The van der Waals surface area contributed by atoms with Crippen molar-refractivity contribution < 1.29 is 19.1 Å². The van der Waals surface area contributed by atoms with E-state index in [1.165, 1.54) is 4.90 Å². The summed E-state index contributed by atoms with van der Waals surface area (Å²) < 4.78 is 5.68.